The third-order valence-corrected chi connectivity index (χ3v) is 7.32. The third-order valence-electron chi connectivity index (χ3n) is 5.73. The van der Waals surface area contributed by atoms with Crippen molar-refractivity contribution in [2.45, 2.75) is 39.0 Å². The summed E-state index contributed by atoms with van der Waals surface area (Å²) < 4.78 is 25.9. The second-order valence-electron chi connectivity index (χ2n) is 8.30. The third kappa shape index (κ3) is 6.71. The van der Waals surface area contributed by atoms with Crippen LogP contribution in [0.4, 0.5) is 11.4 Å². The lowest BCUT2D eigenvalue weighted by Gasteiger charge is -2.26. The molecule has 1 saturated heterocycles. The molecular weight excluding hydrogens is 462 g/mol. The molecule has 0 radical (unpaired) electrons. The van der Waals surface area contributed by atoms with Crippen LogP contribution in [-0.2, 0) is 14.8 Å². The second-order valence-corrected chi connectivity index (χ2v) is 10.6. The van der Waals surface area contributed by atoms with Gasteiger partial charge in [-0.05, 0) is 74.6 Å². The van der Waals surface area contributed by atoms with Gasteiger partial charge >= 0.3 is 0 Å². The number of amides is 2. The molecule has 2 aromatic carbocycles. The highest BCUT2D eigenvalue weighted by molar-refractivity contribution is 7.92. The zero-order chi connectivity index (χ0) is 24.0. The quantitative estimate of drug-likeness (QED) is 0.590. The molecule has 3 rings (SSSR count). The Morgan fingerprint density at radius 1 is 1.06 bits per heavy atom. The van der Waals surface area contributed by atoms with Crippen molar-refractivity contribution in [1.82, 2.24) is 4.90 Å². The lowest BCUT2D eigenvalue weighted by Crippen LogP contribution is -2.35. The number of hydrogen-bond donors (Lipinski definition) is 1. The van der Waals surface area contributed by atoms with E-state index in [1.165, 1.54) is 4.31 Å². The summed E-state index contributed by atoms with van der Waals surface area (Å²) in [5, 5.41) is 3.29. The Kier molecular flexibility index (Phi) is 8.37. The first-order chi connectivity index (χ1) is 15.7. The van der Waals surface area contributed by atoms with E-state index in [1.807, 2.05) is 4.90 Å². The second kappa shape index (κ2) is 11.0. The van der Waals surface area contributed by atoms with Gasteiger partial charge in [-0.1, -0.05) is 17.7 Å². The number of hydrogen-bond acceptors (Lipinski definition) is 4. The average Bonchev–Trinajstić information content (AvgIpc) is 2.79. The van der Waals surface area contributed by atoms with E-state index in [4.69, 9.17) is 11.6 Å². The van der Waals surface area contributed by atoms with Crippen LogP contribution < -0.4 is 9.62 Å². The molecule has 0 atom stereocenters. The molecule has 0 aliphatic carbocycles. The predicted molar refractivity (Wildman–Crippen MR) is 132 cm³/mol. The number of carbonyl (C=O) groups excluding carboxylic acids is 2. The van der Waals surface area contributed by atoms with Gasteiger partial charge in [-0.15, -0.1) is 0 Å². The summed E-state index contributed by atoms with van der Waals surface area (Å²) in [7, 11) is -3.53. The van der Waals surface area contributed by atoms with Gasteiger partial charge in [-0.25, -0.2) is 8.42 Å². The Bertz CT molecular complexity index is 1100. The van der Waals surface area contributed by atoms with Gasteiger partial charge in [0.05, 0.1) is 11.9 Å². The van der Waals surface area contributed by atoms with Crippen molar-refractivity contribution in [3.05, 3.63) is 58.6 Å². The number of likely N-dealkylation sites (tertiary alicyclic amines) is 1. The predicted octanol–water partition coefficient (Wildman–Crippen LogP) is 4.46. The van der Waals surface area contributed by atoms with Crippen LogP contribution in [0.2, 0.25) is 5.02 Å². The first kappa shape index (κ1) is 25.1. The molecule has 0 spiro atoms. The van der Waals surface area contributed by atoms with Crippen LogP contribution in [0.1, 0.15) is 48.0 Å². The molecule has 1 aliphatic heterocycles. The van der Waals surface area contributed by atoms with Crippen molar-refractivity contribution in [3.8, 4) is 0 Å². The maximum absolute atomic E-state index is 12.6. The summed E-state index contributed by atoms with van der Waals surface area (Å²) in [4.78, 5) is 26.8. The van der Waals surface area contributed by atoms with Gasteiger partial charge in [-0.3, -0.25) is 13.9 Å². The minimum Gasteiger partial charge on any atom is -0.339 e. The van der Waals surface area contributed by atoms with Crippen molar-refractivity contribution in [2.24, 2.45) is 0 Å². The molecule has 1 fully saturated rings. The van der Waals surface area contributed by atoms with Crippen molar-refractivity contribution in [3.63, 3.8) is 0 Å². The summed E-state index contributed by atoms with van der Waals surface area (Å²) in [6.45, 7) is 3.51. The number of nitrogens with zero attached hydrogens (tertiary/aromatic N) is 2. The van der Waals surface area contributed by atoms with Crippen LogP contribution in [0.3, 0.4) is 0 Å². The number of halogens is 1. The fourth-order valence-electron chi connectivity index (χ4n) is 3.91. The smallest absolute Gasteiger partial charge is 0.253 e. The summed E-state index contributed by atoms with van der Waals surface area (Å²) in [6, 6.07) is 12.0. The Morgan fingerprint density at radius 3 is 2.36 bits per heavy atom. The average molecular weight is 492 g/mol. The Balaban J connectivity index is 1.55. The SMILES string of the molecule is Cc1c(Cl)cccc1N(CCCC(=O)Nc1ccc(C(=O)N2CCCCC2)cc1)S(C)(=O)=O. The molecule has 0 bridgehead atoms. The van der Waals surface area contributed by atoms with Gasteiger partial charge in [0.2, 0.25) is 15.9 Å². The Labute approximate surface area is 200 Å². The first-order valence-electron chi connectivity index (χ1n) is 11.1. The van der Waals surface area contributed by atoms with Crippen LogP contribution in [0.25, 0.3) is 0 Å². The van der Waals surface area contributed by atoms with E-state index in [0.717, 1.165) is 38.6 Å². The number of piperidine rings is 1. The minimum absolute atomic E-state index is 0.0183. The van der Waals surface area contributed by atoms with Crippen molar-refractivity contribution >= 4 is 44.8 Å². The van der Waals surface area contributed by atoms with Crippen LogP contribution in [0.15, 0.2) is 42.5 Å². The molecule has 1 heterocycles. The Hall–Kier alpha value is -2.58. The van der Waals surface area contributed by atoms with Crippen molar-refractivity contribution in [2.75, 3.05) is 35.5 Å². The summed E-state index contributed by atoms with van der Waals surface area (Å²) >= 11 is 6.15. The van der Waals surface area contributed by atoms with E-state index in [9.17, 15) is 18.0 Å². The zero-order valence-corrected chi connectivity index (χ0v) is 20.6. The molecule has 9 heteroatoms. The van der Waals surface area contributed by atoms with E-state index < -0.39 is 10.0 Å². The van der Waals surface area contributed by atoms with E-state index in [-0.39, 0.29) is 24.8 Å². The number of rotatable bonds is 8. The molecule has 178 valence electrons. The Morgan fingerprint density at radius 2 is 1.73 bits per heavy atom. The van der Waals surface area contributed by atoms with Gasteiger partial charge in [0.25, 0.3) is 5.91 Å². The molecule has 1 aliphatic rings. The topological polar surface area (TPSA) is 86.8 Å². The van der Waals surface area contributed by atoms with Crippen LogP contribution in [-0.4, -0.2) is 51.0 Å². The minimum atomic E-state index is -3.53. The van der Waals surface area contributed by atoms with Gasteiger partial charge in [0, 0.05) is 42.3 Å². The standard InChI is InChI=1S/C24H30ClN3O4S/c1-18-21(25)8-6-9-22(18)28(33(2,31)32)17-7-10-23(29)26-20-13-11-19(12-14-20)24(30)27-15-4-3-5-16-27/h6,8-9,11-14H,3-5,7,10,15-17H2,1-2H3,(H,26,29). The van der Waals surface area contributed by atoms with E-state index >= 15 is 0 Å². The van der Waals surface area contributed by atoms with E-state index in [1.54, 1.807) is 49.4 Å². The molecule has 2 amide bonds. The lowest BCUT2D eigenvalue weighted by molar-refractivity contribution is -0.116. The largest absolute Gasteiger partial charge is 0.339 e. The molecule has 0 saturated carbocycles. The highest BCUT2D eigenvalue weighted by Crippen LogP contribution is 2.28. The molecule has 0 aromatic heterocycles. The number of carbonyl (C=O) groups is 2. The molecule has 7 nitrogen and oxygen atoms in total. The van der Waals surface area contributed by atoms with Crippen molar-refractivity contribution < 1.29 is 18.0 Å². The van der Waals surface area contributed by atoms with Crippen LogP contribution in [0, 0.1) is 6.92 Å². The van der Waals surface area contributed by atoms with Crippen LogP contribution in [0.5, 0.6) is 0 Å². The fraction of sp³-hybridized carbons (Fsp3) is 0.417. The number of sulfonamides is 1. The summed E-state index contributed by atoms with van der Waals surface area (Å²) in [5.41, 5.74) is 2.39. The fourth-order valence-corrected chi connectivity index (χ4v) is 5.10. The van der Waals surface area contributed by atoms with Gasteiger partial charge in [-0.2, -0.15) is 0 Å². The number of anilines is 2. The van der Waals surface area contributed by atoms with Gasteiger partial charge in [0.1, 0.15) is 0 Å². The molecule has 0 unspecified atom stereocenters. The van der Waals surface area contributed by atoms with Crippen molar-refractivity contribution in [1.29, 1.82) is 0 Å². The monoisotopic (exact) mass is 491 g/mol. The molecule has 2 aromatic rings. The zero-order valence-electron chi connectivity index (χ0n) is 19.0. The highest BCUT2D eigenvalue weighted by atomic mass is 35.5. The highest BCUT2D eigenvalue weighted by Gasteiger charge is 2.21. The van der Waals surface area contributed by atoms with Gasteiger partial charge < -0.3 is 10.2 Å². The van der Waals surface area contributed by atoms with Crippen LogP contribution >= 0.6 is 11.6 Å². The molecular formula is C24H30ClN3O4S. The normalized spacial score (nSPS) is 14.1. The lowest BCUT2D eigenvalue weighted by atomic mass is 10.1. The molecule has 1 N–H and O–H groups in total. The molecule has 33 heavy (non-hydrogen) atoms. The maximum Gasteiger partial charge on any atom is 0.253 e. The van der Waals surface area contributed by atoms with E-state index in [2.05, 4.69) is 5.32 Å². The number of benzene rings is 2. The number of nitrogens with one attached hydrogen (secondary N) is 1. The first-order valence-corrected chi connectivity index (χ1v) is 13.3. The maximum atomic E-state index is 12.6. The summed E-state index contributed by atoms with van der Waals surface area (Å²) in [5.74, 6) is -0.203. The summed E-state index contributed by atoms with van der Waals surface area (Å²) in [6.07, 6.45) is 4.87. The van der Waals surface area contributed by atoms with E-state index in [0.29, 0.717) is 33.9 Å². The van der Waals surface area contributed by atoms with Gasteiger partial charge in [0.15, 0.2) is 0 Å².